The highest BCUT2D eigenvalue weighted by atomic mass is 32.2. The van der Waals surface area contributed by atoms with Gasteiger partial charge in [-0.25, -0.2) is 0 Å². The van der Waals surface area contributed by atoms with Crippen molar-refractivity contribution in [3.05, 3.63) is 234 Å². The van der Waals surface area contributed by atoms with Gasteiger partial charge in [0.2, 0.25) is 0 Å². The summed E-state index contributed by atoms with van der Waals surface area (Å²) >= 11 is 1.91. The number of benzene rings is 9. The van der Waals surface area contributed by atoms with Crippen LogP contribution in [0.5, 0.6) is 0 Å². The minimum atomic E-state index is -0.565. The van der Waals surface area contributed by atoms with Crippen molar-refractivity contribution in [1.82, 2.24) is 0 Å². The van der Waals surface area contributed by atoms with Crippen molar-refractivity contribution in [1.29, 1.82) is 0 Å². The molecule has 1 aliphatic heterocycles. The number of anilines is 3. The van der Waals surface area contributed by atoms with Crippen molar-refractivity contribution >= 4 is 61.5 Å². The summed E-state index contributed by atoms with van der Waals surface area (Å²) in [5.41, 5.74) is 14.6. The molecule has 3 heteroatoms. The lowest BCUT2D eigenvalue weighted by Crippen LogP contribution is -2.43. The summed E-state index contributed by atoms with van der Waals surface area (Å²) in [6.45, 7) is 4.80. The van der Waals surface area contributed by atoms with E-state index in [0.717, 1.165) is 39.0 Å². The molecule has 2 nitrogen and oxygen atoms in total. The first-order chi connectivity index (χ1) is 29.0. The number of hydrogen-bond donors (Lipinski definition) is 0. The highest BCUT2D eigenvalue weighted by Crippen LogP contribution is 2.63. The van der Waals surface area contributed by atoms with Gasteiger partial charge in [-0.05, 0) is 104 Å². The maximum absolute atomic E-state index is 6.52. The molecule has 0 fully saturated rings. The van der Waals surface area contributed by atoms with Crippen LogP contribution in [0.1, 0.15) is 47.2 Å². The maximum Gasteiger partial charge on any atom is 0.137 e. The Hall–Kier alpha value is -6.81. The standard InChI is InChI=1S/C56H39NOS/c1-55(2)45-19-9-10-20-47(45)56(48-21-11-13-23-53(48)59-54-42-17-7-6-16-38(42)26-32-49(54)56)50-34-40(30-33-46(50)55)57(39-27-24-37(25-28-39)36-14-4-3-5-15-36)41-29-31-44-43-18-8-12-22-51(43)58-52(44)35-41/h3-35H,1-2H3. The summed E-state index contributed by atoms with van der Waals surface area (Å²) in [6, 6.07) is 73.8. The number of rotatable bonds is 4. The molecule has 1 unspecified atom stereocenters. The number of para-hydroxylation sites is 1. The molecule has 0 bridgehead atoms. The zero-order chi connectivity index (χ0) is 39.3. The van der Waals surface area contributed by atoms with E-state index in [4.69, 9.17) is 4.42 Å². The molecule has 1 atom stereocenters. The van der Waals surface area contributed by atoms with Gasteiger partial charge in [0.25, 0.3) is 0 Å². The molecule has 0 radical (unpaired) electrons. The zero-order valence-electron chi connectivity index (χ0n) is 32.8. The molecule has 1 aromatic heterocycles. The van der Waals surface area contributed by atoms with Crippen LogP contribution in [-0.2, 0) is 10.8 Å². The summed E-state index contributed by atoms with van der Waals surface area (Å²) in [6.07, 6.45) is 0. The second-order valence-electron chi connectivity index (χ2n) is 16.4. The zero-order valence-corrected chi connectivity index (χ0v) is 33.6. The number of furan rings is 1. The fourth-order valence-corrected chi connectivity index (χ4v) is 11.6. The van der Waals surface area contributed by atoms with Crippen molar-refractivity contribution in [3.8, 4) is 11.1 Å². The Morgan fingerprint density at radius 2 is 1.00 bits per heavy atom. The predicted molar refractivity (Wildman–Crippen MR) is 246 cm³/mol. The quantitative estimate of drug-likeness (QED) is 0.177. The molecule has 0 saturated carbocycles. The fraction of sp³-hybridized carbons (Fsp3) is 0.0714. The Labute approximate surface area is 348 Å². The number of hydrogen-bond acceptors (Lipinski definition) is 3. The normalized spacial score (nSPS) is 16.1. The van der Waals surface area contributed by atoms with Crippen LogP contribution in [0.2, 0.25) is 0 Å². The molecule has 9 aromatic carbocycles. The highest BCUT2D eigenvalue weighted by Gasteiger charge is 2.52. The first-order valence-electron chi connectivity index (χ1n) is 20.4. The number of fused-ring (bicyclic) bond motifs is 13. The van der Waals surface area contributed by atoms with Crippen molar-refractivity contribution in [2.24, 2.45) is 0 Å². The fourth-order valence-electron chi connectivity index (χ4n) is 10.3. The van der Waals surface area contributed by atoms with Crippen LogP contribution in [0.25, 0.3) is 43.8 Å². The minimum Gasteiger partial charge on any atom is -0.456 e. The molecule has 0 saturated heterocycles. The molecule has 2 aliphatic rings. The smallest absolute Gasteiger partial charge is 0.137 e. The molecule has 280 valence electrons. The lowest BCUT2D eigenvalue weighted by Gasteiger charge is -2.50. The average Bonchev–Trinajstić information content (AvgIpc) is 3.66. The monoisotopic (exact) mass is 773 g/mol. The summed E-state index contributed by atoms with van der Waals surface area (Å²) in [7, 11) is 0. The molecule has 10 aromatic rings. The third-order valence-electron chi connectivity index (χ3n) is 13.0. The van der Waals surface area contributed by atoms with Gasteiger partial charge in [-0.2, -0.15) is 0 Å². The molecule has 1 aliphatic carbocycles. The van der Waals surface area contributed by atoms with Gasteiger partial charge < -0.3 is 9.32 Å². The van der Waals surface area contributed by atoms with Crippen molar-refractivity contribution in [3.63, 3.8) is 0 Å². The van der Waals surface area contributed by atoms with Crippen molar-refractivity contribution in [2.45, 2.75) is 34.5 Å². The lowest BCUT2D eigenvalue weighted by molar-refractivity contribution is 0.550. The Morgan fingerprint density at radius 3 is 1.85 bits per heavy atom. The predicted octanol–water partition coefficient (Wildman–Crippen LogP) is 15.4. The molecule has 2 heterocycles. The van der Waals surface area contributed by atoms with Crippen LogP contribution >= 0.6 is 11.8 Å². The summed E-state index contributed by atoms with van der Waals surface area (Å²) in [5.74, 6) is 0. The van der Waals surface area contributed by atoms with Gasteiger partial charge >= 0.3 is 0 Å². The topological polar surface area (TPSA) is 16.4 Å². The Kier molecular flexibility index (Phi) is 7.46. The Bertz CT molecular complexity index is 3290. The van der Waals surface area contributed by atoms with E-state index in [0.29, 0.717) is 0 Å². The van der Waals surface area contributed by atoms with Crippen LogP contribution in [0.4, 0.5) is 17.1 Å². The largest absolute Gasteiger partial charge is 0.456 e. The SMILES string of the molecule is CC1(C)c2ccccc2C2(c3ccccc3Sc3c2ccc2ccccc32)c2cc(N(c3ccc(-c4ccccc4)cc3)c3ccc4c(c3)oc3ccccc34)ccc21. The highest BCUT2D eigenvalue weighted by molar-refractivity contribution is 7.99. The van der Waals surface area contributed by atoms with E-state index in [2.05, 4.69) is 213 Å². The second-order valence-corrected chi connectivity index (χ2v) is 17.5. The van der Waals surface area contributed by atoms with Crippen molar-refractivity contribution < 1.29 is 4.42 Å². The van der Waals surface area contributed by atoms with Gasteiger partial charge in [0, 0.05) is 49.1 Å². The van der Waals surface area contributed by atoms with Crippen LogP contribution in [0.15, 0.2) is 214 Å². The van der Waals surface area contributed by atoms with Crippen LogP contribution < -0.4 is 4.90 Å². The van der Waals surface area contributed by atoms with Crippen LogP contribution in [-0.4, -0.2) is 0 Å². The van der Waals surface area contributed by atoms with E-state index < -0.39 is 5.41 Å². The minimum absolute atomic E-state index is 0.248. The molecule has 0 amide bonds. The summed E-state index contributed by atoms with van der Waals surface area (Å²) in [5, 5.41) is 4.80. The van der Waals surface area contributed by atoms with E-state index in [1.807, 2.05) is 17.8 Å². The number of nitrogens with zero attached hydrogens (tertiary/aromatic N) is 1. The van der Waals surface area contributed by atoms with E-state index in [9.17, 15) is 0 Å². The van der Waals surface area contributed by atoms with Gasteiger partial charge in [-0.3, -0.25) is 0 Å². The van der Waals surface area contributed by atoms with Crippen LogP contribution in [0, 0.1) is 0 Å². The van der Waals surface area contributed by atoms with Gasteiger partial charge in [0.1, 0.15) is 11.2 Å². The summed E-state index contributed by atoms with van der Waals surface area (Å²) in [4.78, 5) is 5.04. The second kappa shape index (κ2) is 12.8. The lowest BCUT2D eigenvalue weighted by atomic mass is 9.54. The van der Waals surface area contributed by atoms with Gasteiger partial charge in [-0.1, -0.05) is 171 Å². The van der Waals surface area contributed by atoms with Crippen molar-refractivity contribution in [2.75, 3.05) is 4.90 Å². The molecular weight excluding hydrogens is 735 g/mol. The van der Waals surface area contributed by atoms with E-state index in [1.165, 1.54) is 65.1 Å². The molecule has 59 heavy (non-hydrogen) atoms. The van der Waals surface area contributed by atoms with E-state index in [1.54, 1.807) is 0 Å². The Morgan fingerprint density at radius 1 is 0.407 bits per heavy atom. The molecule has 0 N–H and O–H groups in total. The first-order valence-corrected chi connectivity index (χ1v) is 21.2. The first kappa shape index (κ1) is 34.3. The van der Waals surface area contributed by atoms with Crippen LogP contribution in [0.3, 0.4) is 0 Å². The molecular formula is C56H39NOS. The Balaban J connectivity index is 1.15. The van der Waals surface area contributed by atoms with Gasteiger partial charge in [0.15, 0.2) is 0 Å². The van der Waals surface area contributed by atoms with Gasteiger partial charge in [0.05, 0.1) is 5.41 Å². The van der Waals surface area contributed by atoms with Gasteiger partial charge in [-0.15, -0.1) is 0 Å². The van der Waals surface area contributed by atoms with E-state index in [-0.39, 0.29) is 5.41 Å². The molecule has 1 spiro atoms. The third kappa shape index (κ3) is 4.95. The van der Waals surface area contributed by atoms with E-state index >= 15 is 0 Å². The maximum atomic E-state index is 6.52. The average molecular weight is 774 g/mol. The third-order valence-corrected chi connectivity index (χ3v) is 14.2. The molecule has 12 rings (SSSR count). The summed E-state index contributed by atoms with van der Waals surface area (Å²) < 4.78 is 6.52.